The number of hydrogen-bond donors (Lipinski definition) is 0. The summed E-state index contributed by atoms with van der Waals surface area (Å²) in [5.74, 6) is 1.60. The van der Waals surface area contributed by atoms with Crippen LogP contribution in [0.3, 0.4) is 0 Å². The van der Waals surface area contributed by atoms with Crippen molar-refractivity contribution in [3.8, 4) is 0 Å². The first-order chi connectivity index (χ1) is 10.4. The van der Waals surface area contributed by atoms with Crippen molar-refractivity contribution in [3.05, 3.63) is 60.2 Å². The van der Waals surface area contributed by atoms with Gasteiger partial charge in [0, 0.05) is 15.7 Å². The van der Waals surface area contributed by atoms with E-state index in [9.17, 15) is 0 Å². The Morgan fingerprint density at radius 3 is 2.29 bits per heavy atom. The van der Waals surface area contributed by atoms with E-state index in [1.807, 2.05) is 0 Å². The molecule has 0 N–H and O–H groups in total. The maximum absolute atomic E-state index is 2.53. The molecule has 4 atom stereocenters. The van der Waals surface area contributed by atoms with Gasteiger partial charge in [-0.3, -0.25) is 0 Å². The molecular formula is C20H14S. The zero-order valence-electron chi connectivity index (χ0n) is 11.5. The fourth-order valence-electron chi connectivity index (χ4n) is 5.00. The van der Waals surface area contributed by atoms with Gasteiger partial charge in [0.25, 0.3) is 0 Å². The second-order valence-corrected chi connectivity index (χ2v) is 10.8. The lowest BCUT2D eigenvalue weighted by molar-refractivity contribution is 0.974. The summed E-state index contributed by atoms with van der Waals surface area (Å²) in [6.07, 6.45) is 0. The lowest BCUT2D eigenvalue weighted by Gasteiger charge is -2.15. The van der Waals surface area contributed by atoms with Crippen molar-refractivity contribution in [2.45, 2.75) is 15.7 Å². The van der Waals surface area contributed by atoms with Gasteiger partial charge in [0.1, 0.15) is 0 Å². The van der Waals surface area contributed by atoms with Crippen LogP contribution in [0, 0.1) is 0 Å². The third-order valence-electron chi connectivity index (χ3n) is 6.24. The summed E-state index contributed by atoms with van der Waals surface area (Å²) >= 11 is 0. The van der Waals surface area contributed by atoms with E-state index >= 15 is 0 Å². The monoisotopic (exact) mass is 286 g/mol. The molecule has 0 amide bonds. The SMILES string of the molecule is c1cc2ccc3cccc4c(C5C6C7CS756)cc(c1)c2c34. The second-order valence-electron chi connectivity index (χ2n) is 7.01. The van der Waals surface area contributed by atoms with Gasteiger partial charge in [-0.25, -0.2) is 10.0 Å². The number of fused-ring (bicyclic) bond motifs is 1. The van der Waals surface area contributed by atoms with Crippen molar-refractivity contribution in [2.75, 3.05) is 5.75 Å². The van der Waals surface area contributed by atoms with Gasteiger partial charge in [-0.15, -0.1) is 0 Å². The highest BCUT2D eigenvalue weighted by Crippen LogP contribution is 3.14. The zero-order valence-corrected chi connectivity index (χ0v) is 12.4. The van der Waals surface area contributed by atoms with Crippen molar-refractivity contribution in [1.29, 1.82) is 0 Å². The Kier molecular flexibility index (Phi) is 1.33. The Morgan fingerprint density at radius 1 is 0.810 bits per heavy atom. The van der Waals surface area contributed by atoms with Crippen LogP contribution in [0.25, 0.3) is 32.3 Å². The van der Waals surface area contributed by atoms with Gasteiger partial charge in [0.05, 0.1) is 0 Å². The Bertz CT molecular complexity index is 1100. The second kappa shape index (κ2) is 2.78. The summed E-state index contributed by atoms with van der Waals surface area (Å²) in [6.45, 7) is 0. The van der Waals surface area contributed by atoms with Crippen LogP contribution in [0.15, 0.2) is 54.6 Å². The average molecular weight is 286 g/mol. The van der Waals surface area contributed by atoms with E-state index < -0.39 is 0 Å². The van der Waals surface area contributed by atoms with Gasteiger partial charge in [0.2, 0.25) is 0 Å². The molecule has 3 heterocycles. The standard InChI is InChI=1S/C20H14S/c1-3-11-7-8-12-4-2-6-14-15(19-20-16-10-21(16,19)20)9-13(5-1)17(11)18(12)14/h1-9,16,19-20H,10H2. The molecule has 3 aliphatic heterocycles. The van der Waals surface area contributed by atoms with Gasteiger partial charge in [-0.1, -0.05) is 48.5 Å². The van der Waals surface area contributed by atoms with Crippen molar-refractivity contribution >= 4 is 42.3 Å². The van der Waals surface area contributed by atoms with E-state index in [0.29, 0.717) is 0 Å². The minimum Gasteiger partial charge on any atom is -0.222 e. The number of hydrogen-bond acceptors (Lipinski definition) is 0. The van der Waals surface area contributed by atoms with E-state index in [1.54, 1.807) is 16.7 Å². The van der Waals surface area contributed by atoms with Crippen LogP contribution in [-0.4, -0.2) is 16.3 Å². The molecule has 3 aliphatic rings. The minimum absolute atomic E-state index is 0.0603. The van der Waals surface area contributed by atoms with Gasteiger partial charge >= 0.3 is 0 Å². The van der Waals surface area contributed by atoms with Crippen molar-refractivity contribution in [1.82, 2.24) is 0 Å². The first kappa shape index (κ1) is 10.1. The van der Waals surface area contributed by atoms with E-state index in [4.69, 9.17) is 0 Å². The van der Waals surface area contributed by atoms with Crippen LogP contribution in [0.4, 0.5) is 0 Å². The van der Waals surface area contributed by atoms with Gasteiger partial charge in [-0.2, -0.15) is 0 Å². The zero-order chi connectivity index (χ0) is 13.3. The molecule has 7 rings (SSSR count). The number of benzene rings is 4. The lowest BCUT2D eigenvalue weighted by atomic mass is 9.90. The largest absolute Gasteiger partial charge is 0.222 e. The molecule has 4 unspecified atom stereocenters. The fourth-order valence-corrected chi connectivity index (χ4v) is 10.1. The van der Waals surface area contributed by atoms with Gasteiger partial charge in [-0.05, 0) is 49.7 Å². The van der Waals surface area contributed by atoms with E-state index in [2.05, 4.69) is 54.6 Å². The highest BCUT2D eigenvalue weighted by atomic mass is 32.3. The summed E-state index contributed by atoms with van der Waals surface area (Å²) in [6, 6.07) is 20.8. The summed E-state index contributed by atoms with van der Waals surface area (Å²) < 4.78 is 0. The summed E-state index contributed by atoms with van der Waals surface area (Å²) in [5.41, 5.74) is 1.68. The maximum atomic E-state index is 2.53. The lowest BCUT2D eigenvalue weighted by Crippen LogP contribution is -1.96. The summed E-state index contributed by atoms with van der Waals surface area (Å²) in [4.78, 5) is 0. The van der Waals surface area contributed by atoms with Crippen LogP contribution in [0.1, 0.15) is 10.8 Å². The highest BCUT2D eigenvalue weighted by Gasteiger charge is 2.94. The molecule has 0 aliphatic carbocycles. The molecule has 3 fully saturated rings. The Hall–Kier alpha value is -1.73. The first-order valence-corrected chi connectivity index (χ1v) is 9.83. The average Bonchev–Trinajstić information content (AvgIpc) is 3.44. The third kappa shape index (κ3) is 0.926. The number of rotatable bonds is 1. The molecular weight excluding hydrogens is 272 g/mol. The quantitative estimate of drug-likeness (QED) is 0.333. The predicted octanol–water partition coefficient (Wildman–Crippen LogP) is 5.21. The molecule has 0 nitrogen and oxygen atoms in total. The van der Waals surface area contributed by atoms with Crippen LogP contribution in [0.5, 0.6) is 0 Å². The molecule has 4 aromatic carbocycles. The smallest absolute Gasteiger partial charge is 0.0268 e. The third-order valence-corrected chi connectivity index (χ3v) is 10.8. The van der Waals surface area contributed by atoms with Crippen molar-refractivity contribution in [2.24, 2.45) is 0 Å². The summed E-state index contributed by atoms with van der Waals surface area (Å²) in [5, 5.41) is 12.1. The van der Waals surface area contributed by atoms with Crippen LogP contribution >= 0.6 is 10.0 Å². The highest BCUT2D eigenvalue weighted by molar-refractivity contribution is 8.53. The van der Waals surface area contributed by atoms with Crippen LogP contribution < -0.4 is 0 Å². The Balaban J connectivity index is 1.72. The van der Waals surface area contributed by atoms with Gasteiger partial charge < -0.3 is 0 Å². The first-order valence-electron chi connectivity index (χ1n) is 7.84. The summed E-state index contributed by atoms with van der Waals surface area (Å²) in [7, 11) is -0.0603. The molecule has 3 saturated heterocycles. The van der Waals surface area contributed by atoms with Crippen molar-refractivity contribution in [3.63, 3.8) is 0 Å². The maximum Gasteiger partial charge on any atom is 0.0268 e. The Labute approximate surface area is 124 Å². The minimum atomic E-state index is -0.0603. The van der Waals surface area contributed by atoms with E-state index in [0.717, 1.165) is 10.5 Å². The molecule has 21 heavy (non-hydrogen) atoms. The predicted molar refractivity (Wildman–Crippen MR) is 92.9 cm³/mol. The molecule has 0 radical (unpaired) electrons. The van der Waals surface area contributed by atoms with E-state index in [-0.39, 0.29) is 10.0 Å². The molecule has 0 bridgehead atoms. The molecule has 1 heteroatoms. The van der Waals surface area contributed by atoms with Crippen LogP contribution in [0.2, 0.25) is 0 Å². The molecule has 0 saturated carbocycles. The molecule has 1 spiro atoms. The normalized spacial score (nSPS) is 38.2. The van der Waals surface area contributed by atoms with Crippen molar-refractivity contribution < 1.29 is 0 Å². The van der Waals surface area contributed by atoms with Crippen LogP contribution in [-0.2, 0) is 0 Å². The topological polar surface area (TPSA) is 0 Å². The Morgan fingerprint density at radius 2 is 1.52 bits per heavy atom. The molecule has 100 valence electrons. The van der Waals surface area contributed by atoms with E-state index in [1.165, 1.54) is 32.2 Å². The molecule has 4 aromatic rings. The molecule has 0 aromatic heterocycles. The van der Waals surface area contributed by atoms with Gasteiger partial charge in [0.15, 0.2) is 0 Å². The fraction of sp³-hybridized carbons (Fsp3) is 0.200.